The summed E-state index contributed by atoms with van der Waals surface area (Å²) in [5.74, 6) is -0.760. The highest BCUT2D eigenvalue weighted by molar-refractivity contribution is 6.07. The van der Waals surface area contributed by atoms with Gasteiger partial charge in [-0.25, -0.2) is 9.18 Å². The molecule has 0 spiro atoms. The first-order chi connectivity index (χ1) is 10.5. The summed E-state index contributed by atoms with van der Waals surface area (Å²) in [6, 6.07) is 8.60. The highest BCUT2D eigenvalue weighted by Gasteiger charge is 2.48. The molecule has 6 heteroatoms. The Bertz CT molecular complexity index is 718. The van der Waals surface area contributed by atoms with E-state index in [1.165, 1.54) is 24.3 Å². The van der Waals surface area contributed by atoms with Crippen LogP contribution in [0.2, 0.25) is 0 Å². The number of carbonyl (C=O) groups is 2. The van der Waals surface area contributed by atoms with Gasteiger partial charge in [-0.15, -0.1) is 0 Å². The number of rotatable bonds is 3. The monoisotopic (exact) mass is 299 g/mol. The third-order valence-electron chi connectivity index (χ3n) is 3.76. The summed E-state index contributed by atoms with van der Waals surface area (Å²) >= 11 is 0. The van der Waals surface area contributed by atoms with Crippen LogP contribution < -0.4 is 5.32 Å². The van der Waals surface area contributed by atoms with Crippen LogP contribution in [0.25, 0.3) is 0 Å². The van der Waals surface area contributed by atoms with Crippen molar-refractivity contribution in [3.05, 3.63) is 65.7 Å². The zero-order valence-electron chi connectivity index (χ0n) is 11.9. The highest BCUT2D eigenvalue weighted by atomic mass is 19.1. The van der Waals surface area contributed by atoms with E-state index in [0.29, 0.717) is 5.56 Å². The van der Waals surface area contributed by atoms with Gasteiger partial charge in [0.15, 0.2) is 0 Å². The number of nitrogens with zero attached hydrogens (tertiary/aromatic N) is 2. The number of nitrogens with one attached hydrogen (secondary N) is 1. The van der Waals surface area contributed by atoms with Crippen LogP contribution in [-0.2, 0) is 16.9 Å². The van der Waals surface area contributed by atoms with Gasteiger partial charge in [0.1, 0.15) is 11.4 Å². The number of imide groups is 1. The maximum Gasteiger partial charge on any atom is 0.325 e. The van der Waals surface area contributed by atoms with Crippen LogP contribution >= 0.6 is 0 Å². The van der Waals surface area contributed by atoms with E-state index in [1.807, 2.05) is 0 Å². The van der Waals surface area contributed by atoms with E-state index in [0.717, 1.165) is 10.5 Å². The molecule has 1 aromatic heterocycles. The maximum atomic E-state index is 13.0. The van der Waals surface area contributed by atoms with Crippen LogP contribution in [0.15, 0.2) is 48.8 Å². The second-order valence-electron chi connectivity index (χ2n) is 5.31. The van der Waals surface area contributed by atoms with Crippen LogP contribution in [0.3, 0.4) is 0 Å². The molecular formula is C16H14FN3O2. The van der Waals surface area contributed by atoms with E-state index >= 15 is 0 Å². The first-order valence-corrected chi connectivity index (χ1v) is 6.80. The van der Waals surface area contributed by atoms with Gasteiger partial charge < -0.3 is 5.32 Å². The quantitative estimate of drug-likeness (QED) is 0.884. The summed E-state index contributed by atoms with van der Waals surface area (Å²) in [7, 11) is 0. The second-order valence-corrected chi connectivity index (χ2v) is 5.31. The van der Waals surface area contributed by atoms with Crippen molar-refractivity contribution < 1.29 is 14.0 Å². The number of urea groups is 1. The van der Waals surface area contributed by atoms with Crippen molar-refractivity contribution in [2.24, 2.45) is 0 Å². The van der Waals surface area contributed by atoms with Gasteiger partial charge in [-0.05, 0) is 36.2 Å². The molecule has 1 atom stereocenters. The minimum Gasteiger partial charge on any atom is -0.319 e. The Balaban J connectivity index is 1.89. The molecular weight excluding hydrogens is 285 g/mol. The summed E-state index contributed by atoms with van der Waals surface area (Å²) in [6.07, 6.45) is 3.23. The molecule has 22 heavy (non-hydrogen) atoms. The SMILES string of the molecule is C[C@@]1(c2ccc(F)cc2)NC(=O)N(Cc2cccnc2)C1=O. The number of aromatic nitrogens is 1. The lowest BCUT2D eigenvalue weighted by molar-refractivity contribution is -0.131. The smallest absolute Gasteiger partial charge is 0.319 e. The molecule has 1 fully saturated rings. The van der Waals surface area contributed by atoms with Gasteiger partial charge in [-0.2, -0.15) is 0 Å². The summed E-state index contributed by atoms with van der Waals surface area (Å²) in [5.41, 5.74) is 0.114. The first kappa shape index (κ1) is 14.2. The Hall–Kier alpha value is -2.76. The van der Waals surface area contributed by atoms with Crippen LogP contribution in [-0.4, -0.2) is 21.8 Å². The lowest BCUT2D eigenvalue weighted by atomic mass is 9.92. The van der Waals surface area contributed by atoms with E-state index in [-0.39, 0.29) is 12.5 Å². The molecule has 0 saturated carbocycles. The molecule has 1 aliphatic rings. The molecule has 0 bridgehead atoms. The molecule has 3 amide bonds. The van der Waals surface area contributed by atoms with E-state index in [9.17, 15) is 14.0 Å². The molecule has 1 saturated heterocycles. The number of amides is 3. The maximum absolute atomic E-state index is 13.0. The van der Waals surface area contributed by atoms with Crippen molar-refractivity contribution in [1.29, 1.82) is 0 Å². The third-order valence-corrected chi connectivity index (χ3v) is 3.76. The van der Waals surface area contributed by atoms with Crippen molar-refractivity contribution in [2.45, 2.75) is 19.0 Å². The number of halogens is 1. The summed E-state index contributed by atoms with van der Waals surface area (Å²) in [5, 5.41) is 2.68. The molecule has 5 nitrogen and oxygen atoms in total. The van der Waals surface area contributed by atoms with E-state index < -0.39 is 17.4 Å². The van der Waals surface area contributed by atoms with E-state index in [4.69, 9.17) is 0 Å². The Labute approximate surface area is 126 Å². The van der Waals surface area contributed by atoms with Gasteiger partial charge in [0.05, 0.1) is 6.54 Å². The number of carbonyl (C=O) groups excluding carboxylic acids is 2. The Morgan fingerprint density at radius 3 is 2.59 bits per heavy atom. The molecule has 0 radical (unpaired) electrons. The molecule has 0 aliphatic carbocycles. The largest absolute Gasteiger partial charge is 0.325 e. The summed E-state index contributed by atoms with van der Waals surface area (Å²) < 4.78 is 13.0. The second kappa shape index (κ2) is 5.22. The molecule has 2 heterocycles. The molecule has 1 aromatic carbocycles. The van der Waals surface area contributed by atoms with Crippen LogP contribution in [0.1, 0.15) is 18.1 Å². The van der Waals surface area contributed by atoms with Gasteiger partial charge in [0.25, 0.3) is 5.91 Å². The van der Waals surface area contributed by atoms with E-state index in [2.05, 4.69) is 10.3 Å². The average molecular weight is 299 g/mol. The van der Waals surface area contributed by atoms with Crippen LogP contribution in [0.4, 0.5) is 9.18 Å². The first-order valence-electron chi connectivity index (χ1n) is 6.80. The molecule has 3 rings (SSSR count). The van der Waals surface area contributed by atoms with Gasteiger partial charge in [-0.1, -0.05) is 18.2 Å². The predicted molar refractivity (Wildman–Crippen MR) is 77.1 cm³/mol. The lowest BCUT2D eigenvalue weighted by Crippen LogP contribution is -2.40. The van der Waals surface area contributed by atoms with Crippen molar-refractivity contribution >= 4 is 11.9 Å². The van der Waals surface area contributed by atoms with E-state index in [1.54, 1.807) is 31.5 Å². The van der Waals surface area contributed by atoms with Crippen LogP contribution in [0, 0.1) is 5.82 Å². The van der Waals surface area contributed by atoms with Crippen molar-refractivity contribution in [3.8, 4) is 0 Å². The topological polar surface area (TPSA) is 62.3 Å². The standard InChI is InChI=1S/C16H14FN3O2/c1-16(12-4-6-13(17)7-5-12)14(21)20(15(22)19-16)10-11-3-2-8-18-9-11/h2-9H,10H2,1H3,(H,19,22)/t16-/m0/s1. The zero-order valence-corrected chi connectivity index (χ0v) is 11.9. The summed E-state index contributed by atoms with van der Waals surface area (Å²) in [4.78, 5) is 29.9. The average Bonchev–Trinajstić information content (AvgIpc) is 2.73. The fourth-order valence-corrected chi connectivity index (χ4v) is 2.49. The molecule has 1 N–H and O–H groups in total. The number of pyridine rings is 1. The Kier molecular flexibility index (Phi) is 3.36. The van der Waals surface area contributed by atoms with Crippen LogP contribution in [0.5, 0.6) is 0 Å². The normalized spacial score (nSPS) is 21.1. The van der Waals surface area contributed by atoms with Gasteiger partial charge in [0, 0.05) is 12.4 Å². The van der Waals surface area contributed by atoms with Crippen molar-refractivity contribution in [3.63, 3.8) is 0 Å². The van der Waals surface area contributed by atoms with Gasteiger partial charge in [0.2, 0.25) is 0 Å². The lowest BCUT2D eigenvalue weighted by Gasteiger charge is -2.22. The van der Waals surface area contributed by atoms with Gasteiger partial charge >= 0.3 is 6.03 Å². The fraction of sp³-hybridized carbons (Fsp3) is 0.188. The van der Waals surface area contributed by atoms with Gasteiger partial charge in [-0.3, -0.25) is 14.7 Å². The number of hydrogen-bond donors (Lipinski definition) is 1. The molecule has 2 aromatic rings. The summed E-state index contributed by atoms with van der Waals surface area (Å²) in [6.45, 7) is 1.76. The minimum absolute atomic E-state index is 0.148. The Morgan fingerprint density at radius 2 is 1.95 bits per heavy atom. The zero-order chi connectivity index (χ0) is 15.7. The fourth-order valence-electron chi connectivity index (χ4n) is 2.49. The Morgan fingerprint density at radius 1 is 1.23 bits per heavy atom. The number of hydrogen-bond acceptors (Lipinski definition) is 3. The number of benzene rings is 1. The molecule has 0 unspecified atom stereocenters. The third kappa shape index (κ3) is 2.32. The highest BCUT2D eigenvalue weighted by Crippen LogP contribution is 2.29. The molecule has 1 aliphatic heterocycles. The molecule has 112 valence electrons. The van der Waals surface area contributed by atoms with Crippen molar-refractivity contribution in [1.82, 2.24) is 15.2 Å². The minimum atomic E-state index is -1.19. The van der Waals surface area contributed by atoms with Crippen molar-refractivity contribution in [2.75, 3.05) is 0 Å². The predicted octanol–water partition coefficient (Wildman–Crippen LogP) is 2.19.